The summed E-state index contributed by atoms with van der Waals surface area (Å²) < 4.78 is 0. The van der Waals surface area contributed by atoms with Crippen LogP contribution in [0.15, 0.2) is 76.5 Å². The molecular formula is C22H21S+. The smallest absolute Gasteiger partial charge is 0.0622 e. The summed E-state index contributed by atoms with van der Waals surface area (Å²) in [4.78, 5) is 3.06. The van der Waals surface area contributed by atoms with Gasteiger partial charge < -0.3 is 0 Å². The monoisotopic (exact) mass is 317 g/mol. The van der Waals surface area contributed by atoms with Crippen molar-refractivity contribution in [1.82, 2.24) is 0 Å². The van der Waals surface area contributed by atoms with Gasteiger partial charge in [-0.25, -0.2) is 0 Å². The van der Waals surface area contributed by atoms with E-state index in [9.17, 15) is 0 Å². The summed E-state index contributed by atoms with van der Waals surface area (Å²) in [6.07, 6.45) is 2.38. The minimum atomic E-state index is 0.144. The van der Waals surface area contributed by atoms with Crippen LogP contribution >= 0.6 is 0 Å². The van der Waals surface area contributed by atoms with Gasteiger partial charge in [0.05, 0.1) is 10.9 Å². The van der Waals surface area contributed by atoms with Crippen molar-refractivity contribution in [3.8, 4) is 0 Å². The summed E-state index contributed by atoms with van der Waals surface area (Å²) >= 11 is 0. The zero-order chi connectivity index (χ0) is 16.0. The maximum absolute atomic E-state index is 2.38. The predicted octanol–water partition coefficient (Wildman–Crippen LogP) is 5.46. The summed E-state index contributed by atoms with van der Waals surface area (Å²) in [5.41, 5.74) is 7.23. The second-order valence-electron chi connectivity index (χ2n) is 6.33. The Hall–Kier alpha value is -1.99. The molecule has 0 saturated heterocycles. The highest BCUT2D eigenvalue weighted by Gasteiger charge is 2.40. The Kier molecular flexibility index (Phi) is 3.54. The lowest BCUT2D eigenvalue weighted by Gasteiger charge is -2.29. The minimum Gasteiger partial charge on any atom is -0.0622 e. The van der Waals surface area contributed by atoms with E-state index in [0.29, 0.717) is 5.92 Å². The van der Waals surface area contributed by atoms with E-state index in [-0.39, 0.29) is 10.9 Å². The van der Waals surface area contributed by atoms with Crippen LogP contribution in [0.25, 0.3) is 0 Å². The van der Waals surface area contributed by atoms with Crippen molar-refractivity contribution in [2.75, 3.05) is 6.26 Å². The summed E-state index contributed by atoms with van der Waals surface area (Å²) in [6, 6.07) is 24.5. The summed E-state index contributed by atoms with van der Waals surface area (Å²) in [6.45, 7) is 4.52. The molecule has 0 saturated carbocycles. The van der Waals surface area contributed by atoms with Crippen LogP contribution in [-0.2, 0) is 10.9 Å². The zero-order valence-electron chi connectivity index (χ0n) is 13.8. The lowest BCUT2D eigenvalue weighted by atomic mass is 9.82. The van der Waals surface area contributed by atoms with Gasteiger partial charge in [-0.3, -0.25) is 0 Å². The van der Waals surface area contributed by atoms with Crippen LogP contribution in [0.2, 0.25) is 0 Å². The van der Waals surface area contributed by atoms with Gasteiger partial charge in [0.2, 0.25) is 0 Å². The molecule has 0 aliphatic carbocycles. The van der Waals surface area contributed by atoms with Gasteiger partial charge in [-0.1, -0.05) is 60.7 Å². The Morgan fingerprint density at radius 2 is 1.39 bits per heavy atom. The molecule has 1 heterocycles. The highest BCUT2D eigenvalue weighted by atomic mass is 32.2. The fourth-order valence-electron chi connectivity index (χ4n) is 3.83. The average molecular weight is 317 g/mol. The van der Waals surface area contributed by atoms with E-state index in [4.69, 9.17) is 0 Å². The van der Waals surface area contributed by atoms with Crippen molar-refractivity contribution in [1.29, 1.82) is 0 Å². The second kappa shape index (κ2) is 5.58. The van der Waals surface area contributed by atoms with Crippen LogP contribution in [-0.4, -0.2) is 6.26 Å². The molecule has 1 unspecified atom stereocenters. The molecule has 0 N–H and O–H groups in total. The highest BCUT2D eigenvalue weighted by Crippen LogP contribution is 2.47. The first-order valence-corrected chi connectivity index (χ1v) is 9.71. The molecule has 1 aliphatic heterocycles. The Bertz CT molecular complexity index is 864. The van der Waals surface area contributed by atoms with Crippen LogP contribution < -0.4 is 0 Å². The third-order valence-electron chi connectivity index (χ3n) is 4.90. The molecule has 3 aromatic rings. The van der Waals surface area contributed by atoms with Gasteiger partial charge in [-0.05, 0) is 31.0 Å². The predicted molar refractivity (Wildman–Crippen MR) is 99.6 cm³/mol. The average Bonchev–Trinajstić information content (AvgIpc) is 2.59. The van der Waals surface area contributed by atoms with E-state index < -0.39 is 0 Å². The lowest BCUT2D eigenvalue weighted by molar-refractivity contribution is 0.876. The van der Waals surface area contributed by atoms with Crippen LogP contribution in [0.4, 0.5) is 0 Å². The molecule has 1 heteroatoms. The van der Waals surface area contributed by atoms with E-state index in [0.717, 1.165) is 0 Å². The molecular weight excluding hydrogens is 296 g/mol. The lowest BCUT2D eigenvalue weighted by Crippen LogP contribution is -2.21. The Labute approximate surface area is 141 Å². The van der Waals surface area contributed by atoms with Crippen molar-refractivity contribution >= 4 is 10.9 Å². The molecule has 2 atom stereocenters. The van der Waals surface area contributed by atoms with Crippen molar-refractivity contribution < 1.29 is 0 Å². The fourth-order valence-corrected chi connectivity index (χ4v) is 6.03. The first-order valence-electron chi connectivity index (χ1n) is 8.08. The van der Waals surface area contributed by atoms with Crippen LogP contribution in [0.1, 0.15) is 33.7 Å². The van der Waals surface area contributed by atoms with Crippen molar-refractivity contribution in [2.24, 2.45) is 0 Å². The van der Waals surface area contributed by atoms with Gasteiger partial charge in [-0.2, -0.15) is 0 Å². The van der Waals surface area contributed by atoms with E-state index in [2.05, 4.69) is 86.8 Å². The molecule has 0 bridgehead atoms. The van der Waals surface area contributed by atoms with Gasteiger partial charge in [0.15, 0.2) is 9.79 Å². The SMILES string of the molecule is Cc1ccc(C)c2c1[C@@H](c1ccccc1)c1ccccc1[S+]2C. The highest BCUT2D eigenvalue weighted by molar-refractivity contribution is 7.96. The quantitative estimate of drug-likeness (QED) is 0.523. The molecule has 0 fully saturated rings. The fraction of sp³-hybridized carbons (Fsp3) is 0.182. The molecule has 23 heavy (non-hydrogen) atoms. The molecule has 3 aromatic carbocycles. The van der Waals surface area contributed by atoms with Crippen molar-refractivity contribution in [3.05, 3.63) is 94.5 Å². The number of benzene rings is 3. The number of aryl methyl sites for hydroxylation is 2. The van der Waals surface area contributed by atoms with E-state index in [1.54, 1.807) is 4.90 Å². The molecule has 4 rings (SSSR count). The molecule has 0 spiro atoms. The third-order valence-corrected chi connectivity index (χ3v) is 7.08. The summed E-state index contributed by atoms with van der Waals surface area (Å²) in [5, 5.41) is 0. The van der Waals surface area contributed by atoms with Gasteiger partial charge in [0.1, 0.15) is 6.26 Å². The Morgan fingerprint density at radius 1 is 0.739 bits per heavy atom. The third kappa shape index (κ3) is 2.22. The van der Waals surface area contributed by atoms with Gasteiger partial charge in [-0.15, -0.1) is 0 Å². The molecule has 0 radical (unpaired) electrons. The molecule has 1 aliphatic rings. The standard InChI is InChI=1S/C22H21S/c1-15-13-14-16(2)22-20(15)21(17-9-5-4-6-10-17)18-11-7-8-12-19(18)23(22)3/h4-14,21H,1-3H3/q+1/t21-,23?/m0/s1. The van der Waals surface area contributed by atoms with Gasteiger partial charge >= 0.3 is 0 Å². The molecule has 0 aromatic heterocycles. The maximum atomic E-state index is 2.38. The number of hydrogen-bond donors (Lipinski definition) is 0. The topological polar surface area (TPSA) is 0 Å². The van der Waals surface area contributed by atoms with Crippen molar-refractivity contribution in [3.63, 3.8) is 0 Å². The van der Waals surface area contributed by atoms with Gasteiger partial charge in [0.25, 0.3) is 0 Å². The van der Waals surface area contributed by atoms with E-state index in [1.165, 1.54) is 32.7 Å². The van der Waals surface area contributed by atoms with Gasteiger partial charge in [0, 0.05) is 22.6 Å². The van der Waals surface area contributed by atoms with Crippen LogP contribution in [0.3, 0.4) is 0 Å². The Morgan fingerprint density at radius 3 is 2.17 bits per heavy atom. The minimum absolute atomic E-state index is 0.144. The zero-order valence-corrected chi connectivity index (χ0v) is 14.7. The molecule has 0 nitrogen and oxygen atoms in total. The number of hydrogen-bond acceptors (Lipinski definition) is 0. The van der Waals surface area contributed by atoms with E-state index in [1.807, 2.05) is 0 Å². The largest absolute Gasteiger partial charge is 0.167 e. The molecule has 0 amide bonds. The first-order chi connectivity index (χ1) is 11.2. The normalized spacial score (nSPS) is 19.1. The number of rotatable bonds is 1. The Balaban J connectivity index is 2.08. The summed E-state index contributed by atoms with van der Waals surface area (Å²) in [5.74, 6) is 0.353. The van der Waals surface area contributed by atoms with E-state index >= 15 is 0 Å². The first kappa shape index (κ1) is 14.6. The van der Waals surface area contributed by atoms with Crippen molar-refractivity contribution in [2.45, 2.75) is 29.6 Å². The summed E-state index contributed by atoms with van der Waals surface area (Å²) in [7, 11) is 0.144. The molecule has 114 valence electrons. The second-order valence-corrected chi connectivity index (χ2v) is 8.20. The maximum Gasteiger partial charge on any atom is 0.167 e. The van der Waals surface area contributed by atoms with Crippen LogP contribution in [0.5, 0.6) is 0 Å². The number of fused-ring (bicyclic) bond motifs is 2. The van der Waals surface area contributed by atoms with Crippen LogP contribution in [0, 0.1) is 13.8 Å².